The Balaban J connectivity index is 1.65. The molecule has 27 heavy (non-hydrogen) atoms. The maximum absolute atomic E-state index is 11.4. The number of aromatic nitrogens is 2. The Labute approximate surface area is 157 Å². The van der Waals surface area contributed by atoms with Gasteiger partial charge in [-0.15, -0.1) is 0 Å². The molecule has 0 fully saturated rings. The average molecular weight is 369 g/mol. The van der Waals surface area contributed by atoms with Crippen molar-refractivity contribution < 1.29 is 19.0 Å². The first kappa shape index (κ1) is 18.7. The van der Waals surface area contributed by atoms with Crippen LogP contribution in [0.1, 0.15) is 11.4 Å². The topological polar surface area (TPSA) is 88.6 Å². The molecule has 0 bridgehead atoms. The van der Waals surface area contributed by atoms with Gasteiger partial charge in [0.05, 0.1) is 25.3 Å². The Morgan fingerprint density at radius 2 is 1.85 bits per heavy atom. The summed E-state index contributed by atoms with van der Waals surface area (Å²) < 4.78 is 17.7. The highest BCUT2D eigenvalue weighted by Gasteiger charge is 2.14. The predicted octanol–water partition coefficient (Wildman–Crippen LogP) is 2.20. The average Bonchev–Trinajstić information content (AvgIpc) is 3.01. The summed E-state index contributed by atoms with van der Waals surface area (Å²) in [6, 6.07) is 12.6. The van der Waals surface area contributed by atoms with Crippen molar-refractivity contribution in [1.82, 2.24) is 9.55 Å². The lowest BCUT2D eigenvalue weighted by Gasteiger charge is -2.10. The summed E-state index contributed by atoms with van der Waals surface area (Å²) in [7, 11) is 4.92. The number of rotatable bonds is 7. The first-order valence-electron chi connectivity index (χ1n) is 8.56. The second kappa shape index (κ2) is 8.09. The molecule has 7 heteroatoms. The van der Waals surface area contributed by atoms with Crippen molar-refractivity contribution in [3.63, 3.8) is 0 Å². The molecule has 3 aromatic rings. The Morgan fingerprint density at radius 1 is 1.15 bits per heavy atom. The van der Waals surface area contributed by atoms with Gasteiger partial charge < -0.3 is 24.5 Å². The number of hydrogen-bond donors (Lipinski definition) is 1. The number of carbonyl (C=O) groups is 1. The number of esters is 1. The van der Waals surface area contributed by atoms with E-state index in [1.165, 1.54) is 7.11 Å². The van der Waals surface area contributed by atoms with E-state index in [4.69, 9.17) is 15.2 Å². The van der Waals surface area contributed by atoms with Gasteiger partial charge >= 0.3 is 5.97 Å². The highest BCUT2D eigenvalue weighted by Crippen LogP contribution is 2.22. The minimum atomic E-state index is -0.668. The fraction of sp³-hybridized carbons (Fsp3) is 0.300. The van der Waals surface area contributed by atoms with E-state index in [-0.39, 0.29) is 0 Å². The summed E-state index contributed by atoms with van der Waals surface area (Å²) in [5.74, 6) is 1.90. The van der Waals surface area contributed by atoms with E-state index in [1.807, 2.05) is 54.1 Å². The molecular weight excluding hydrogens is 346 g/mol. The molecule has 0 aliphatic rings. The van der Waals surface area contributed by atoms with Gasteiger partial charge in [0.25, 0.3) is 0 Å². The van der Waals surface area contributed by atoms with Gasteiger partial charge in [-0.25, -0.2) is 4.98 Å². The smallest absolute Gasteiger partial charge is 0.322 e. The normalized spacial score (nSPS) is 12.0. The molecule has 2 aromatic carbocycles. The molecule has 0 aliphatic carbocycles. The van der Waals surface area contributed by atoms with Crippen LogP contribution < -0.4 is 15.2 Å². The Hall–Kier alpha value is -3.06. The zero-order chi connectivity index (χ0) is 19.4. The number of ether oxygens (including phenoxy) is 3. The predicted molar refractivity (Wildman–Crippen MR) is 102 cm³/mol. The molecule has 3 rings (SSSR count). The van der Waals surface area contributed by atoms with Crippen molar-refractivity contribution in [1.29, 1.82) is 0 Å². The first-order valence-corrected chi connectivity index (χ1v) is 8.56. The fourth-order valence-electron chi connectivity index (χ4n) is 2.83. The number of hydrogen-bond acceptors (Lipinski definition) is 6. The number of nitrogens with two attached hydrogens (primary N) is 1. The van der Waals surface area contributed by atoms with Gasteiger partial charge in [0.1, 0.15) is 30.0 Å². The summed E-state index contributed by atoms with van der Waals surface area (Å²) in [5, 5.41) is 0. The second-order valence-corrected chi connectivity index (χ2v) is 6.21. The van der Waals surface area contributed by atoms with Crippen molar-refractivity contribution in [3.05, 3.63) is 53.9 Å². The largest absolute Gasteiger partial charge is 0.497 e. The molecular formula is C20H23N3O4. The molecule has 0 radical (unpaired) electrons. The Bertz CT molecular complexity index is 934. The standard InChI is InChI=1S/C20H23N3O4/c1-23-18-11-15(25-2)8-9-17(18)22-19(23)12-27-14-6-4-13(5-7-14)10-16(21)20(24)26-3/h4-9,11,16H,10,12,21H2,1-3H3. The van der Waals surface area contributed by atoms with Crippen LogP contribution in [0.5, 0.6) is 11.5 Å². The number of aryl methyl sites for hydroxylation is 1. The fourth-order valence-corrected chi connectivity index (χ4v) is 2.83. The molecule has 0 saturated heterocycles. The van der Waals surface area contributed by atoms with Gasteiger partial charge in [-0.2, -0.15) is 0 Å². The summed E-state index contributed by atoms with van der Waals surface area (Å²) in [6.07, 6.45) is 0.416. The number of methoxy groups -OCH3 is 2. The van der Waals surface area contributed by atoms with Crippen molar-refractivity contribution in [2.24, 2.45) is 12.8 Å². The van der Waals surface area contributed by atoms with Crippen LogP contribution in [0.15, 0.2) is 42.5 Å². The molecule has 1 unspecified atom stereocenters. The van der Waals surface area contributed by atoms with Crippen LogP contribution in [0, 0.1) is 0 Å². The van der Waals surface area contributed by atoms with Crippen molar-refractivity contribution >= 4 is 17.0 Å². The van der Waals surface area contributed by atoms with E-state index in [0.717, 1.165) is 33.9 Å². The summed E-state index contributed by atoms with van der Waals surface area (Å²) in [4.78, 5) is 16.0. The van der Waals surface area contributed by atoms with Crippen LogP contribution in [0.4, 0.5) is 0 Å². The lowest BCUT2D eigenvalue weighted by molar-refractivity contribution is -0.142. The molecule has 1 aromatic heterocycles. The third-order valence-corrected chi connectivity index (χ3v) is 4.43. The van der Waals surface area contributed by atoms with Gasteiger partial charge in [0.2, 0.25) is 0 Å². The van der Waals surface area contributed by atoms with E-state index in [0.29, 0.717) is 13.0 Å². The Kier molecular flexibility index (Phi) is 5.61. The zero-order valence-electron chi connectivity index (χ0n) is 15.6. The second-order valence-electron chi connectivity index (χ2n) is 6.21. The molecule has 0 saturated carbocycles. The van der Waals surface area contributed by atoms with Crippen LogP contribution in [0.25, 0.3) is 11.0 Å². The molecule has 1 atom stereocenters. The molecule has 0 spiro atoms. The molecule has 1 heterocycles. The highest BCUT2D eigenvalue weighted by molar-refractivity contribution is 5.77. The third kappa shape index (κ3) is 4.20. The summed E-state index contributed by atoms with van der Waals surface area (Å²) in [6.45, 7) is 0.342. The SMILES string of the molecule is COC(=O)C(N)Cc1ccc(OCc2nc3ccc(OC)cc3n2C)cc1. The number of benzene rings is 2. The van der Waals surface area contributed by atoms with Crippen molar-refractivity contribution in [2.45, 2.75) is 19.1 Å². The van der Waals surface area contributed by atoms with Gasteiger partial charge in [0.15, 0.2) is 0 Å². The quantitative estimate of drug-likeness (QED) is 0.643. The summed E-state index contributed by atoms with van der Waals surface area (Å²) >= 11 is 0. The van der Waals surface area contributed by atoms with Gasteiger partial charge in [0, 0.05) is 13.1 Å². The third-order valence-electron chi connectivity index (χ3n) is 4.43. The van der Waals surface area contributed by atoms with Crippen LogP contribution in [-0.4, -0.2) is 35.8 Å². The number of carbonyl (C=O) groups excluding carboxylic acids is 1. The Morgan fingerprint density at radius 3 is 2.52 bits per heavy atom. The van der Waals surface area contributed by atoms with Gasteiger partial charge in [-0.05, 0) is 36.2 Å². The van der Waals surface area contributed by atoms with Gasteiger partial charge in [-0.1, -0.05) is 12.1 Å². The van der Waals surface area contributed by atoms with Crippen molar-refractivity contribution in [3.8, 4) is 11.5 Å². The molecule has 0 aliphatic heterocycles. The monoisotopic (exact) mass is 369 g/mol. The highest BCUT2D eigenvalue weighted by atomic mass is 16.5. The van der Waals surface area contributed by atoms with Crippen molar-refractivity contribution in [2.75, 3.05) is 14.2 Å². The van der Waals surface area contributed by atoms with E-state index in [9.17, 15) is 4.79 Å². The lowest BCUT2D eigenvalue weighted by Crippen LogP contribution is -2.33. The molecule has 7 nitrogen and oxygen atoms in total. The lowest BCUT2D eigenvalue weighted by atomic mass is 10.1. The van der Waals surface area contributed by atoms with Crippen LogP contribution in [-0.2, 0) is 29.6 Å². The molecule has 0 amide bonds. The minimum absolute atomic E-state index is 0.342. The molecule has 2 N–H and O–H groups in total. The van der Waals surface area contributed by atoms with Gasteiger partial charge in [-0.3, -0.25) is 4.79 Å². The van der Waals surface area contributed by atoms with Crippen LogP contribution in [0.2, 0.25) is 0 Å². The zero-order valence-corrected chi connectivity index (χ0v) is 15.6. The first-order chi connectivity index (χ1) is 13.0. The van der Waals surface area contributed by atoms with Crippen LogP contribution >= 0.6 is 0 Å². The molecule has 142 valence electrons. The number of imidazole rings is 1. The van der Waals surface area contributed by atoms with E-state index in [1.54, 1.807) is 7.11 Å². The number of fused-ring (bicyclic) bond motifs is 1. The minimum Gasteiger partial charge on any atom is -0.497 e. The maximum Gasteiger partial charge on any atom is 0.322 e. The van der Waals surface area contributed by atoms with E-state index < -0.39 is 12.0 Å². The van der Waals surface area contributed by atoms with E-state index >= 15 is 0 Å². The number of nitrogens with zero attached hydrogens (tertiary/aromatic N) is 2. The van der Waals surface area contributed by atoms with Crippen LogP contribution in [0.3, 0.4) is 0 Å². The summed E-state index contributed by atoms with van der Waals surface area (Å²) in [5.41, 5.74) is 8.60. The maximum atomic E-state index is 11.4. The van der Waals surface area contributed by atoms with E-state index in [2.05, 4.69) is 9.72 Å².